The molecule has 0 fully saturated rings. The van der Waals surface area contributed by atoms with Crippen LogP contribution < -0.4 is 0 Å². The molecule has 8 heteroatoms. The molecule has 0 N–H and O–H groups in total. The third kappa shape index (κ3) is 6.39. The molecule has 2 rings (SSSR count). The highest BCUT2D eigenvalue weighted by atomic mass is 80.0. The molecule has 0 spiro atoms. The van der Waals surface area contributed by atoms with E-state index in [1.165, 1.54) is 9.79 Å². The first-order chi connectivity index (χ1) is 10.2. The van der Waals surface area contributed by atoms with E-state index in [1.54, 1.807) is 21.6 Å². The fourth-order valence-electron chi connectivity index (χ4n) is 1.50. The lowest BCUT2D eigenvalue weighted by Crippen LogP contribution is -1.96. The summed E-state index contributed by atoms with van der Waals surface area (Å²) in [7, 11) is 3.48. The molecule has 0 unspecified atom stereocenters. The van der Waals surface area contributed by atoms with E-state index in [0.29, 0.717) is 0 Å². The minimum atomic E-state index is -0.354. The molecule has 0 nitrogen and oxygen atoms in total. The maximum Gasteiger partial charge on any atom is 0.159 e. The summed E-state index contributed by atoms with van der Waals surface area (Å²) in [6.45, 7) is 0. The molecule has 0 saturated carbocycles. The largest absolute Gasteiger partial charge is 0.159 e. The highest BCUT2D eigenvalue weighted by Crippen LogP contribution is 2.47. The first kappa shape index (κ1) is 20.3. The number of halogens is 6. The summed E-state index contributed by atoms with van der Waals surface area (Å²) in [5.41, 5.74) is 2.24. The van der Waals surface area contributed by atoms with Crippen molar-refractivity contribution in [1.29, 1.82) is 0 Å². The van der Waals surface area contributed by atoms with E-state index >= 15 is 0 Å². The van der Waals surface area contributed by atoms with E-state index in [1.807, 2.05) is 0 Å². The van der Waals surface area contributed by atoms with Crippen molar-refractivity contribution in [2.75, 3.05) is 0 Å². The Hall–Kier alpha value is 2.02. The predicted molar refractivity (Wildman–Crippen MR) is 122 cm³/mol. The van der Waals surface area contributed by atoms with Crippen LogP contribution in [0, 0.1) is 0 Å². The zero-order valence-electron chi connectivity index (χ0n) is 10.7. The molecular formula is C14H8Br6S2. The van der Waals surface area contributed by atoms with Gasteiger partial charge in [0.05, 0.1) is 0 Å². The molecule has 0 heterocycles. The third-order valence-corrected chi connectivity index (χ3v) is 7.76. The zero-order chi connectivity index (χ0) is 16.4. The second-order valence-electron chi connectivity index (χ2n) is 4.21. The topological polar surface area (TPSA) is 0 Å². The van der Waals surface area contributed by atoms with Crippen LogP contribution in [0.15, 0.2) is 58.3 Å². The van der Waals surface area contributed by atoms with Gasteiger partial charge in [0.25, 0.3) is 0 Å². The second-order valence-corrected chi connectivity index (χ2v) is 20.0. The molecule has 0 aliphatic carbocycles. The van der Waals surface area contributed by atoms with Gasteiger partial charge in [-0.3, -0.25) is 0 Å². The Morgan fingerprint density at radius 1 is 0.500 bits per heavy atom. The summed E-state index contributed by atoms with van der Waals surface area (Å²) in [5.74, 6) is 0. The van der Waals surface area contributed by atoms with Crippen LogP contribution in [0.2, 0.25) is 0 Å². The van der Waals surface area contributed by atoms with E-state index in [2.05, 4.69) is 144 Å². The molecule has 118 valence electrons. The smallest absolute Gasteiger partial charge is 0.0548 e. The quantitative estimate of drug-likeness (QED) is 0.230. The van der Waals surface area contributed by atoms with Gasteiger partial charge in [0.1, 0.15) is 0 Å². The van der Waals surface area contributed by atoms with Crippen molar-refractivity contribution in [3.8, 4) is 0 Å². The number of benzene rings is 2. The van der Waals surface area contributed by atoms with E-state index in [-0.39, 0.29) is 4.29 Å². The molecule has 0 bridgehead atoms. The van der Waals surface area contributed by atoms with Crippen LogP contribution in [0.5, 0.6) is 0 Å². The highest BCUT2D eigenvalue weighted by molar-refractivity contribution is 9.39. The van der Waals surface area contributed by atoms with Crippen molar-refractivity contribution in [1.82, 2.24) is 0 Å². The van der Waals surface area contributed by atoms with Crippen LogP contribution >= 0.6 is 117 Å². The van der Waals surface area contributed by atoms with Gasteiger partial charge in [-0.25, -0.2) is 0 Å². The van der Waals surface area contributed by atoms with E-state index < -0.39 is 0 Å². The van der Waals surface area contributed by atoms with E-state index in [9.17, 15) is 0 Å². The van der Waals surface area contributed by atoms with Gasteiger partial charge in [-0.2, -0.15) is 0 Å². The summed E-state index contributed by atoms with van der Waals surface area (Å²) in [5, 5.41) is 0. The molecule has 0 saturated heterocycles. The number of hydrogen-bond donors (Lipinski definition) is 0. The van der Waals surface area contributed by atoms with Gasteiger partial charge in [0.2, 0.25) is 0 Å². The summed E-state index contributed by atoms with van der Waals surface area (Å²) in [6, 6.07) is 16.8. The Bertz CT molecular complexity index is 556. The van der Waals surface area contributed by atoms with Crippen molar-refractivity contribution in [3.63, 3.8) is 0 Å². The average Bonchev–Trinajstić information content (AvgIpc) is 2.44. The van der Waals surface area contributed by atoms with Crippen LogP contribution in [0.4, 0.5) is 0 Å². The number of hydrogen-bond acceptors (Lipinski definition) is 2. The molecular weight excluding hydrogens is 712 g/mol. The minimum absolute atomic E-state index is 0.354. The third-order valence-electron chi connectivity index (χ3n) is 2.60. The highest BCUT2D eigenvalue weighted by Gasteiger charge is 2.21. The summed E-state index contributed by atoms with van der Waals surface area (Å²) < 4.78 is -0.709. The molecule has 0 radical (unpaired) electrons. The van der Waals surface area contributed by atoms with Crippen molar-refractivity contribution in [2.24, 2.45) is 0 Å². The molecule has 0 aromatic heterocycles. The average molecular weight is 720 g/mol. The maximum absolute atomic E-state index is 3.52. The van der Waals surface area contributed by atoms with Gasteiger partial charge >= 0.3 is 0 Å². The van der Waals surface area contributed by atoms with Crippen molar-refractivity contribution < 1.29 is 0 Å². The SMILES string of the molecule is BrC(Br)(Br)c1ccc(SSc2ccc(C(Br)(Br)Br)cc2)cc1. The lowest BCUT2D eigenvalue weighted by atomic mass is 10.2. The maximum atomic E-state index is 3.52. The van der Waals surface area contributed by atoms with Gasteiger partial charge in [-0.15, -0.1) is 0 Å². The second kappa shape index (κ2) is 8.60. The Morgan fingerprint density at radius 3 is 1.00 bits per heavy atom. The molecule has 0 aliphatic heterocycles. The van der Waals surface area contributed by atoms with Crippen molar-refractivity contribution in [3.05, 3.63) is 59.7 Å². The standard InChI is InChI=1S/C14H8Br6S2/c15-13(16,17)9-1-5-11(6-2-9)21-22-12-7-3-10(4-8-12)14(18,19)20/h1-8H. The number of rotatable bonds is 3. The van der Waals surface area contributed by atoms with Gasteiger partial charge < -0.3 is 0 Å². The molecule has 0 amide bonds. The van der Waals surface area contributed by atoms with Crippen molar-refractivity contribution >= 4 is 117 Å². The van der Waals surface area contributed by atoms with Gasteiger partial charge in [0.15, 0.2) is 4.29 Å². The monoisotopic (exact) mass is 714 g/mol. The fourth-order valence-corrected chi connectivity index (χ4v) is 5.01. The first-order valence-electron chi connectivity index (χ1n) is 5.85. The molecule has 0 aliphatic rings. The Balaban J connectivity index is 1.98. The zero-order valence-corrected chi connectivity index (χ0v) is 21.9. The van der Waals surface area contributed by atoms with Crippen molar-refractivity contribution in [2.45, 2.75) is 14.1 Å². The van der Waals surface area contributed by atoms with Crippen LogP contribution in [0.3, 0.4) is 0 Å². The van der Waals surface area contributed by atoms with Crippen LogP contribution in [-0.2, 0) is 4.29 Å². The van der Waals surface area contributed by atoms with Crippen LogP contribution in [-0.4, -0.2) is 0 Å². The molecule has 0 atom stereocenters. The Labute approximate surface area is 188 Å². The molecule has 2 aromatic rings. The Morgan fingerprint density at radius 2 is 0.773 bits per heavy atom. The van der Waals surface area contributed by atoms with Crippen LogP contribution in [0.25, 0.3) is 0 Å². The normalized spacial score (nSPS) is 12.5. The lowest BCUT2D eigenvalue weighted by molar-refractivity contribution is 1.32. The summed E-state index contributed by atoms with van der Waals surface area (Å²) in [4.78, 5) is 2.43. The fraction of sp³-hybridized carbons (Fsp3) is 0.143. The molecule has 22 heavy (non-hydrogen) atoms. The van der Waals surface area contributed by atoms with Gasteiger partial charge in [-0.05, 0) is 35.4 Å². The van der Waals surface area contributed by atoms with Gasteiger partial charge in [0, 0.05) is 9.79 Å². The Kier molecular flexibility index (Phi) is 7.95. The summed E-state index contributed by atoms with van der Waals surface area (Å²) >= 11 is 21.1. The molecule has 2 aromatic carbocycles. The predicted octanol–water partition coefficient (Wildman–Crippen LogP) is 9.08. The van der Waals surface area contributed by atoms with E-state index in [4.69, 9.17) is 0 Å². The minimum Gasteiger partial charge on any atom is -0.0548 e. The van der Waals surface area contributed by atoms with Crippen LogP contribution in [0.1, 0.15) is 11.1 Å². The number of alkyl halides is 6. The first-order valence-corrected chi connectivity index (χ1v) is 12.8. The summed E-state index contributed by atoms with van der Waals surface area (Å²) in [6.07, 6.45) is 0. The van der Waals surface area contributed by atoms with E-state index in [0.717, 1.165) is 11.1 Å². The van der Waals surface area contributed by atoms with Gasteiger partial charge in [-0.1, -0.05) is 141 Å². The lowest BCUT2D eigenvalue weighted by Gasteiger charge is -2.13.